The monoisotopic (exact) mass is 221 g/mol. The van der Waals surface area contributed by atoms with Gasteiger partial charge in [0.15, 0.2) is 5.65 Å². The van der Waals surface area contributed by atoms with Gasteiger partial charge in [-0.05, 0) is 13.0 Å². The van der Waals surface area contributed by atoms with E-state index in [0.717, 1.165) is 0 Å². The molecule has 0 radical (unpaired) electrons. The number of ether oxygens (including phenoxy) is 1. The first-order valence-electron chi connectivity index (χ1n) is 4.75. The van der Waals surface area contributed by atoms with Crippen molar-refractivity contribution >= 4 is 11.6 Å². The lowest BCUT2D eigenvalue weighted by atomic mass is 10.1. The zero-order valence-corrected chi connectivity index (χ0v) is 8.91. The molecule has 0 bridgehead atoms. The van der Waals surface area contributed by atoms with E-state index in [2.05, 4.69) is 10.1 Å². The normalized spacial score (nSPS) is 12.6. The number of hydrogen-bond donors (Lipinski definition) is 1. The molecule has 0 aromatic carbocycles. The molecule has 6 heteroatoms. The van der Waals surface area contributed by atoms with Crippen LogP contribution < -0.4 is 4.74 Å². The summed E-state index contributed by atoms with van der Waals surface area (Å²) in [5, 5.41) is 13.1. The molecule has 2 rings (SSSR count). The summed E-state index contributed by atoms with van der Waals surface area (Å²) in [6.07, 6.45) is 1.51. The highest BCUT2D eigenvalue weighted by Crippen LogP contribution is 2.17. The topological polar surface area (TPSA) is 76.7 Å². The number of rotatable bonds is 3. The molecule has 0 saturated carbocycles. The van der Waals surface area contributed by atoms with Gasteiger partial charge in [0.2, 0.25) is 5.88 Å². The van der Waals surface area contributed by atoms with Crippen molar-refractivity contribution in [1.29, 1.82) is 0 Å². The number of hydrogen-bond acceptors (Lipinski definition) is 4. The van der Waals surface area contributed by atoms with E-state index < -0.39 is 11.9 Å². The number of nitrogens with zero attached hydrogens (tertiary/aromatic N) is 3. The molecule has 1 atom stereocenters. The number of carboxylic acid groups (broad SMARTS) is 1. The predicted molar refractivity (Wildman–Crippen MR) is 55.6 cm³/mol. The van der Waals surface area contributed by atoms with E-state index in [-0.39, 0.29) is 0 Å². The van der Waals surface area contributed by atoms with Gasteiger partial charge in [-0.3, -0.25) is 4.79 Å². The summed E-state index contributed by atoms with van der Waals surface area (Å²) < 4.78 is 6.46. The van der Waals surface area contributed by atoms with Gasteiger partial charge in [-0.2, -0.15) is 0 Å². The van der Waals surface area contributed by atoms with Gasteiger partial charge in [-0.1, -0.05) is 0 Å². The Hall–Kier alpha value is -2.11. The number of imidazole rings is 1. The maximum Gasteiger partial charge on any atom is 0.312 e. The van der Waals surface area contributed by atoms with Crippen LogP contribution >= 0.6 is 0 Å². The molecule has 2 heterocycles. The fourth-order valence-electron chi connectivity index (χ4n) is 1.40. The summed E-state index contributed by atoms with van der Waals surface area (Å²) in [5.74, 6) is -1.15. The minimum atomic E-state index is -0.911. The molecule has 0 aliphatic carbocycles. The Bertz CT molecular complexity index is 535. The number of fused-ring (bicyclic) bond motifs is 1. The Morgan fingerprint density at radius 2 is 2.31 bits per heavy atom. The van der Waals surface area contributed by atoms with Crippen LogP contribution in [0.2, 0.25) is 0 Å². The Balaban J connectivity index is 2.57. The third-order valence-corrected chi connectivity index (χ3v) is 2.39. The van der Waals surface area contributed by atoms with Crippen molar-refractivity contribution in [3.8, 4) is 5.88 Å². The molecule has 0 saturated heterocycles. The number of aromatic nitrogens is 3. The minimum Gasteiger partial charge on any atom is -0.481 e. The lowest BCUT2D eigenvalue weighted by Gasteiger charge is -2.05. The SMILES string of the molecule is COc1ccc2ncc(C(C)C(=O)O)n2n1. The number of aliphatic carboxylic acids is 1. The van der Waals surface area contributed by atoms with Crippen molar-refractivity contribution in [2.24, 2.45) is 0 Å². The first-order chi connectivity index (χ1) is 7.63. The molecular weight excluding hydrogens is 210 g/mol. The summed E-state index contributed by atoms with van der Waals surface area (Å²) >= 11 is 0. The molecule has 84 valence electrons. The van der Waals surface area contributed by atoms with Gasteiger partial charge in [-0.25, -0.2) is 9.50 Å². The summed E-state index contributed by atoms with van der Waals surface area (Å²) in [5.41, 5.74) is 1.13. The molecule has 0 aliphatic heterocycles. The third kappa shape index (κ3) is 1.58. The van der Waals surface area contributed by atoms with Gasteiger partial charge < -0.3 is 9.84 Å². The highest BCUT2D eigenvalue weighted by molar-refractivity contribution is 5.75. The molecule has 0 spiro atoms. The van der Waals surface area contributed by atoms with Crippen LogP contribution in [0.25, 0.3) is 5.65 Å². The van der Waals surface area contributed by atoms with Crippen molar-refractivity contribution in [1.82, 2.24) is 14.6 Å². The van der Waals surface area contributed by atoms with Gasteiger partial charge in [0, 0.05) is 6.07 Å². The van der Waals surface area contributed by atoms with E-state index in [4.69, 9.17) is 9.84 Å². The van der Waals surface area contributed by atoms with E-state index in [1.54, 1.807) is 19.1 Å². The van der Waals surface area contributed by atoms with Crippen LogP contribution in [-0.2, 0) is 4.79 Å². The van der Waals surface area contributed by atoms with Gasteiger partial charge in [-0.15, -0.1) is 5.10 Å². The van der Waals surface area contributed by atoms with E-state index >= 15 is 0 Å². The van der Waals surface area contributed by atoms with Crippen LogP contribution in [0, 0.1) is 0 Å². The smallest absolute Gasteiger partial charge is 0.312 e. The van der Waals surface area contributed by atoms with Crippen LogP contribution in [0.5, 0.6) is 5.88 Å². The highest BCUT2D eigenvalue weighted by Gasteiger charge is 2.19. The zero-order valence-electron chi connectivity index (χ0n) is 8.91. The summed E-state index contributed by atoms with van der Waals surface area (Å²) in [6, 6.07) is 3.40. The van der Waals surface area contributed by atoms with E-state index in [1.807, 2.05) is 0 Å². The second-order valence-electron chi connectivity index (χ2n) is 3.39. The lowest BCUT2D eigenvalue weighted by Crippen LogP contribution is -2.11. The van der Waals surface area contributed by atoms with Crippen molar-refractivity contribution in [3.63, 3.8) is 0 Å². The van der Waals surface area contributed by atoms with Crippen LogP contribution in [0.1, 0.15) is 18.5 Å². The molecule has 1 N–H and O–H groups in total. The zero-order chi connectivity index (χ0) is 11.7. The third-order valence-electron chi connectivity index (χ3n) is 2.39. The Morgan fingerprint density at radius 3 is 2.94 bits per heavy atom. The molecule has 2 aromatic heterocycles. The van der Waals surface area contributed by atoms with Gasteiger partial charge in [0.1, 0.15) is 0 Å². The second kappa shape index (κ2) is 3.80. The maximum absolute atomic E-state index is 10.9. The second-order valence-corrected chi connectivity index (χ2v) is 3.39. The van der Waals surface area contributed by atoms with Gasteiger partial charge >= 0.3 is 5.97 Å². The summed E-state index contributed by atoms with van der Waals surface area (Å²) in [4.78, 5) is 15.0. The standard InChI is InChI=1S/C10H11N3O3/c1-6(10(14)15)7-5-11-8-3-4-9(16-2)12-13(7)8/h3-6H,1-2H3,(H,14,15). The highest BCUT2D eigenvalue weighted by atomic mass is 16.5. The molecule has 16 heavy (non-hydrogen) atoms. The lowest BCUT2D eigenvalue weighted by molar-refractivity contribution is -0.138. The Morgan fingerprint density at radius 1 is 1.56 bits per heavy atom. The molecule has 0 amide bonds. The van der Waals surface area contributed by atoms with Gasteiger partial charge in [0.25, 0.3) is 0 Å². The van der Waals surface area contributed by atoms with Crippen LogP contribution in [0.4, 0.5) is 0 Å². The first kappa shape index (κ1) is 10.4. The molecule has 0 aliphatic rings. The predicted octanol–water partition coefficient (Wildman–Crippen LogP) is 0.926. The van der Waals surface area contributed by atoms with Crippen molar-refractivity contribution in [3.05, 3.63) is 24.0 Å². The quantitative estimate of drug-likeness (QED) is 0.834. The Labute approximate surface area is 91.5 Å². The van der Waals surface area contributed by atoms with Crippen LogP contribution in [0.3, 0.4) is 0 Å². The number of carbonyl (C=O) groups is 1. The Kier molecular flexibility index (Phi) is 2.47. The minimum absolute atomic E-state index is 0.421. The average molecular weight is 221 g/mol. The fourth-order valence-corrected chi connectivity index (χ4v) is 1.40. The average Bonchev–Trinajstić information content (AvgIpc) is 2.70. The molecule has 2 aromatic rings. The summed E-state index contributed by atoms with van der Waals surface area (Å²) in [7, 11) is 1.51. The first-order valence-corrected chi connectivity index (χ1v) is 4.75. The van der Waals surface area contributed by atoms with Crippen molar-refractivity contribution in [2.75, 3.05) is 7.11 Å². The molecular formula is C10H11N3O3. The molecule has 6 nitrogen and oxygen atoms in total. The van der Waals surface area contributed by atoms with Gasteiger partial charge in [0.05, 0.1) is 24.9 Å². The van der Waals surface area contributed by atoms with E-state index in [9.17, 15) is 4.79 Å². The van der Waals surface area contributed by atoms with Crippen LogP contribution in [0.15, 0.2) is 18.3 Å². The summed E-state index contributed by atoms with van der Waals surface area (Å²) in [6.45, 7) is 1.59. The van der Waals surface area contributed by atoms with Crippen molar-refractivity contribution < 1.29 is 14.6 Å². The van der Waals surface area contributed by atoms with E-state index in [0.29, 0.717) is 17.2 Å². The van der Waals surface area contributed by atoms with E-state index in [1.165, 1.54) is 17.8 Å². The molecule has 1 unspecified atom stereocenters. The molecule has 0 fully saturated rings. The van der Waals surface area contributed by atoms with Crippen LogP contribution in [-0.4, -0.2) is 32.8 Å². The largest absolute Gasteiger partial charge is 0.481 e. The number of methoxy groups -OCH3 is 1. The van der Waals surface area contributed by atoms with Crippen molar-refractivity contribution in [2.45, 2.75) is 12.8 Å². The fraction of sp³-hybridized carbons (Fsp3) is 0.300. The number of carboxylic acids is 1. The maximum atomic E-state index is 10.9.